The van der Waals surface area contributed by atoms with Gasteiger partial charge in [-0.25, -0.2) is 0 Å². The second-order valence-corrected chi connectivity index (χ2v) is 5.92. The van der Waals surface area contributed by atoms with Gasteiger partial charge in [0.2, 0.25) is 0 Å². The number of benzene rings is 2. The summed E-state index contributed by atoms with van der Waals surface area (Å²) in [5.74, 6) is 0.0246. The zero-order chi connectivity index (χ0) is 17.6. The van der Waals surface area contributed by atoms with Crippen LogP contribution in [0.1, 0.15) is 27.9 Å². The molecular weight excluding hydrogens is 312 g/mol. The zero-order valence-electron chi connectivity index (χ0n) is 13.9. The molecule has 0 N–H and O–H groups in total. The first-order chi connectivity index (χ1) is 12.2. The van der Waals surface area contributed by atoms with Gasteiger partial charge >= 0.3 is 0 Å². The van der Waals surface area contributed by atoms with E-state index in [1.807, 2.05) is 35.2 Å². The fourth-order valence-electron chi connectivity index (χ4n) is 3.17. The predicted molar refractivity (Wildman–Crippen MR) is 95.0 cm³/mol. The molecule has 5 heteroatoms. The number of carbonyl (C=O) groups is 1. The van der Waals surface area contributed by atoms with Crippen molar-refractivity contribution in [2.75, 3.05) is 31.1 Å². The van der Waals surface area contributed by atoms with Gasteiger partial charge in [-0.3, -0.25) is 4.79 Å². The molecule has 0 unspecified atom stereocenters. The number of para-hydroxylation sites is 1. The number of hydrogen-bond acceptors (Lipinski definition) is 4. The topological polar surface area (TPSA) is 71.1 Å². The summed E-state index contributed by atoms with van der Waals surface area (Å²) in [6, 6.07) is 18.8. The van der Waals surface area contributed by atoms with Crippen molar-refractivity contribution in [3.05, 3.63) is 65.2 Å². The molecule has 0 radical (unpaired) electrons. The number of anilines is 1. The van der Waals surface area contributed by atoms with Crippen LogP contribution in [0.3, 0.4) is 0 Å². The lowest BCUT2D eigenvalue weighted by Crippen LogP contribution is -2.35. The van der Waals surface area contributed by atoms with Gasteiger partial charge < -0.3 is 9.80 Å². The standard InChI is InChI=1S/C20H18N4O/c21-14-17-8-4-9-18(15-22)19(17)23-10-5-11-24(13-12-23)20(25)16-6-2-1-3-7-16/h1-4,6-9H,5,10-13H2. The van der Waals surface area contributed by atoms with Crippen LogP contribution < -0.4 is 4.90 Å². The van der Waals surface area contributed by atoms with Gasteiger partial charge in [0.25, 0.3) is 5.91 Å². The molecule has 0 aromatic heterocycles. The molecule has 0 atom stereocenters. The maximum absolute atomic E-state index is 12.6. The first kappa shape index (κ1) is 16.5. The van der Waals surface area contributed by atoms with Gasteiger partial charge in [-0.05, 0) is 30.7 Å². The molecule has 1 aliphatic rings. The third-order valence-electron chi connectivity index (χ3n) is 4.40. The van der Waals surface area contributed by atoms with Crippen molar-refractivity contribution in [2.24, 2.45) is 0 Å². The van der Waals surface area contributed by atoms with E-state index in [2.05, 4.69) is 17.0 Å². The molecule has 1 aliphatic heterocycles. The lowest BCUT2D eigenvalue weighted by atomic mass is 10.1. The second kappa shape index (κ2) is 7.51. The SMILES string of the molecule is N#Cc1cccc(C#N)c1N1CCCN(C(=O)c2ccccc2)CC1. The van der Waals surface area contributed by atoms with E-state index in [9.17, 15) is 15.3 Å². The predicted octanol–water partition coefficient (Wildman–Crippen LogP) is 2.78. The second-order valence-electron chi connectivity index (χ2n) is 5.92. The maximum Gasteiger partial charge on any atom is 0.253 e. The van der Waals surface area contributed by atoms with Crippen LogP contribution in [0.4, 0.5) is 5.69 Å². The molecule has 1 saturated heterocycles. The summed E-state index contributed by atoms with van der Waals surface area (Å²) in [6.07, 6.45) is 0.795. The Morgan fingerprint density at radius 3 is 2.16 bits per heavy atom. The van der Waals surface area contributed by atoms with Crippen molar-refractivity contribution >= 4 is 11.6 Å². The molecule has 1 heterocycles. The number of nitrogens with zero attached hydrogens (tertiary/aromatic N) is 4. The van der Waals surface area contributed by atoms with Crippen LogP contribution in [-0.4, -0.2) is 37.0 Å². The largest absolute Gasteiger partial charge is 0.368 e. The van der Waals surface area contributed by atoms with Crippen LogP contribution >= 0.6 is 0 Å². The number of carbonyl (C=O) groups excluding carboxylic acids is 1. The summed E-state index contributed by atoms with van der Waals surface area (Å²) >= 11 is 0. The highest BCUT2D eigenvalue weighted by atomic mass is 16.2. The van der Waals surface area contributed by atoms with E-state index in [0.717, 1.165) is 6.42 Å². The van der Waals surface area contributed by atoms with Crippen LogP contribution in [0.2, 0.25) is 0 Å². The summed E-state index contributed by atoms with van der Waals surface area (Å²) in [5.41, 5.74) is 2.37. The Bertz CT molecular complexity index is 816. The number of hydrogen-bond donors (Lipinski definition) is 0. The van der Waals surface area contributed by atoms with E-state index in [4.69, 9.17) is 0 Å². The van der Waals surface area contributed by atoms with Crippen molar-refractivity contribution in [3.63, 3.8) is 0 Å². The quantitative estimate of drug-likeness (QED) is 0.849. The Morgan fingerprint density at radius 1 is 0.840 bits per heavy atom. The Morgan fingerprint density at radius 2 is 1.52 bits per heavy atom. The smallest absolute Gasteiger partial charge is 0.253 e. The monoisotopic (exact) mass is 330 g/mol. The van der Waals surface area contributed by atoms with E-state index in [0.29, 0.717) is 48.6 Å². The van der Waals surface area contributed by atoms with Gasteiger partial charge in [0, 0.05) is 31.7 Å². The average Bonchev–Trinajstić information content (AvgIpc) is 2.93. The van der Waals surface area contributed by atoms with E-state index in [1.54, 1.807) is 18.2 Å². The van der Waals surface area contributed by atoms with E-state index in [1.165, 1.54) is 0 Å². The lowest BCUT2D eigenvalue weighted by Gasteiger charge is -2.25. The molecular formula is C20H18N4O. The van der Waals surface area contributed by atoms with Crippen LogP contribution in [0, 0.1) is 22.7 Å². The Labute approximate surface area is 147 Å². The minimum absolute atomic E-state index is 0.0246. The first-order valence-electron chi connectivity index (χ1n) is 8.27. The normalized spacial score (nSPS) is 14.3. The third-order valence-corrected chi connectivity index (χ3v) is 4.40. The molecule has 5 nitrogen and oxygen atoms in total. The van der Waals surface area contributed by atoms with Gasteiger partial charge in [0.15, 0.2) is 0 Å². The minimum atomic E-state index is 0.0246. The fraction of sp³-hybridized carbons (Fsp3) is 0.250. The van der Waals surface area contributed by atoms with Crippen molar-refractivity contribution < 1.29 is 4.79 Å². The summed E-state index contributed by atoms with van der Waals surface area (Å²) in [4.78, 5) is 16.5. The van der Waals surface area contributed by atoms with E-state index >= 15 is 0 Å². The third kappa shape index (κ3) is 3.46. The molecule has 1 amide bonds. The van der Waals surface area contributed by atoms with Crippen molar-refractivity contribution in [1.29, 1.82) is 10.5 Å². The Hall–Kier alpha value is -3.31. The molecule has 0 saturated carbocycles. The number of rotatable bonds is 2. The zero-order valence-corrected chi connectivity index (χ0v) is 13.9. The molecule has 2 aromatic rings. The van der Waals surface area contributed by atoms with Crippen LogP contribution in [0.25, 0.3) is 0 Å². The molecule has 2 aromatic carbocycles. The van der Waals surface area contributed by atoms with E-state index in [-0.39, 0.29) is 5.91 Å². The van der Waals surface area contributed by atoms with Crippen LogP contribution in [-0.2, 0) is 0 Å². The van der Waals surface area contributed by atoms with Gasteiger partial charge in [-0.15, -0.1) is 0 Å². The molecule has 1 fully saturated rings. The van der Waals surface area contributed by atoms with Gasteiger partial charge in [-0.1, -0.05) is 24.3 Å². The average molecular weight is 330 g/mol. The van der Waals surface area contributed by atoms with Crippen molar-refractivity contribution in [3.8, 4) is 12.1 Å². The lowest BCUT2D eigenvalue weighted by molar-refractivity contribution is 0.0767. The summed E-state index contributed by atoms with van der Waals surface area (Å²) in [5, 5.41) is 18.8. The molecule has 25 heavy (non-hydrogen) atoms. The summed E-state index contributed by atoms with van der Waals surface area (Å²) < 4.78 is 0. The molecule has 0 aliphatic carbocycles. The van der Waals surface area contributed by atoms with E-state index < -0.39 is 0 Å². The van der Waals surface area contributed by atoms with Gasteiger partial charge in [0.1, 0.15) is 12.1 Å². The maximum atomic E-state index is 12.6. The molecule has 0 spiro atoms. The highest BCUT2D eigenvalue weighted by Crippen LogP contribution is 2.26. The van der Waals surface area contributed by atoms with Crippen molar-refractivity contribution in [2.45, 2.75) is 6.42 Å². The number of nitriles is 2. The summed E-state index contributed by atoms with van der Waals surface area (Å²) in [7, 11) is 0. The van der Waals surface area contributed by atoms with Crippen molar-refractivity contribution in [1.82, 2.24) is 4.90 Å². The Balaban J connectivity index is 1.81. The first-order valence-corrected chi connectivity index (χ1v) is 8.27. The Kier molecular flexibility index (Phi) is 4.97. The van der Waals surface area contributed by atoms with Crippen LogP contribution in [0.5, 0.6) is 0 Å². The highest BCUT2D eigenvalue weighted by Gasteiger charge is 2.23. The van der Waals surface area contributed by atoms with Gasteiger partial charge in [-0.2, -0.15) is 10.5 Å². The molecule has 0 bridgehead atoms. The summed E-state index contributed by atoms with van der Waals surface area (Å²) in [6.45, 7) is 2.55. The highest BCUT2D eigenvalue weighted by molar-refractivity contribution is 5.94. The molecule has 3 rings (SSSR count). The van der Waals surface area contributed by atoms with Crippen LogP contribution in [0.15, 0.2) is 48.5 Å². The van der Waals surface area contributed by atoms with Gasteiger partial charge in [0.05, 0.1) is 16.8 Å². The molecule has 124 valence electrons. The number of amides is 1. The fourth-order valence-corrected chi connectivity index (χ4v) is 3.17. The minimum Gasteiger partial charge on any atom is -0.368 e.